The summed E-state index contributed by atoms with van der Waals surface area (Å²) in [5.74, 6) is 0.548. The van der Waals surface area contributed by atoms with Gasteiger partial charge in [0.15, 0.2) is 0 Å². The highest BCUT2D eigenvalue weighted by molar-refractivity contribution is 5.47. The molecular formula is C20H26. The fourth-order valence-corrected chi connectivity index (χ4v) is 2.87. The van der Waals surface area contributed by atoms with Gasteiger partial charge in [0, 0.05) is 5.41 Å². The summed E-state index contributed by atoms with van der Waals surface area (Å²) in [6, 6.07) is 15.6. The van der Waals surface area contributed by atoms with Gasteiger partial charge >= 0.3 is 0 Å². The summed E-state index contributed by atoms with van der Waals surface area (Å²) < 4.78 is 0. The van der Waals surface area contributed by atoms with Crippen LogP contribution in [0.15, 0.2) is 42.5 Å². The Balaban J connectivity index is 2.65. The van der Waals surface area contributed by atoms with Gasteiger partial charge in [-0.15, -0.1) is 0 Å². The van der Waals surface area contributed by atoms with Crippen LogP contribution in [0.25, 0.3) is 0 Å². The van der Waals surface area contributed by atoms with E-state index in [2.05, 4.69) is 84.0 Å². The molecule has 106 valence electrons. The quantitative estimate of drug-likeness (QED) is 0.663. The highest BCUT2D eigenvalue weighted by Gasteiger charge is 2.27. The molecule has 0 nitrogen and oxygen atoms in total. The summed E-state index contributed by atoms with van der Waals surface area (Å²) >= 11 is 0. The van der Waals surface area contributed by atoms with E-state index in [9.17, 15) is 0 Å². The highest BCUT2D eigenvalue weighted by Crippen LogP contribution is 2.37. The fourth-order valence-electron chi connectivity index (χ4n) is 2.87. The third kappa shape index (κ3) is 2.65. The van der Waals surface area contributed by atoms with E-state index in [1.165, 1.54) is 27.8 Å². The smallest absolute Gasteiger partial charge is 0.0149 e. The van der Waals surface area contributed by atoms with Crippen LogP contribution in [0.3, 0.4) is 0 Å². The third-order valence-corrected chi connectivity index (χ3v) is 4.46. The molecule has 0 N–H and O–H groups in total. The third-order valence-electron chi connectivity index (χ3n) is 4.46. The van der Waals surface area contributed by atoms with E-state index in [0.717, 1.165) is 0 Å². The number of hydrogen-bond acceptors (Lipinski definition) is 0. The molecule has 2 aromatic rings. The SMILES string of the molecule is Cc1cc(C(C)C)c(C(C)(C)c2ccccc2)cc1C. The van der Waals surface area contributed by atoms with Crippen LogP contribution < -0.4 is 0 Å². The second-order valence-corrected chi connectivity index (χ2v) is 6.67. The molecule has 0 radical (unpaired) electrons. The Morgan fingerprint density at radius 3 is 1.95 bits per heavy atom. The lowest BCUT2D eigenvalue weighted by Crippen LogP contribution is -2.22. The zero-order chi connectivity index (χ0) is 14.9. The largest absolute Gasteiger partial charge is 0.0622 e. The van der Waals surface area contributed by atoms with Crippen molar-refractivity contribution in [2.75, 3.05) is 0 Å². The van der Waals surface area contributed by atoms with Crippen LogP contribution in [0.1, 0.15) is 61.4 Å². The molecule has 0 unspecified atom stereocenters. The number of aryl methyl sites for hydroxylation is 2. The molecule has 0 bridgehead atoms. The molecule has 0 aliphatic carbocycles. The number of rotatable bonds is 3. The molecule has 2 rings (SSSR count). The highest BCUT2D eigenvalue weighted by atomic mass is 14.3. The zero-order valence-corrected chi connectivity index (χ0v) is 13.6. The maximum absolute atomic E-state index is 2.39. The minimum atomic E-state index is 0.0410. The van der Waals surface area contributed by atoms with Crippen LogP contribution >= 0.6 is 0 Å². The minimum Gasteiger partial charge on any atom is -0.0622 e. The Bertz CT molecular complexity index is 589. The first-order chi connectivity index (χ1) is 9.34. The summed E-state index contributed by atoms with van der Waals surface area (Å²) in [7, 11) is 0. The van der Waals surface area contributed by atoms with Crippen molar-refractivity contribution in [3.8, 4) is 0 Å². The fraction of sp³-hybridized carbons (Fsp3) is 0.400. The van der Waals surface area contributed by atoms with E-state index < -0.39 is 0 Å². The lowest BCUT2D eigenvalue weighted by Gasteiger charge is -2.31. The number of hydrogen-bond donors (Lipinski definition) is 0. The van der Waals surface area contributed by atoms with Gasteiger partial charge in [-0.2, -0.15) is 0 Å². The van der Waals surface area contributed by atoms with E-state index in [1.54, 1.807) is 0 Å². The molecule has 0 aromatic heterocycles. The molecule has 0 heteroatoms. The Morgan fingerprint density at radius 2 is 1.40 bits per heavy atom. The van der Waals surface area contributed by atoms with Crippen LogP contribution in [0.5, 0.6) is 0 Å². The van der Waals surface area contributed by atoms with Gasteiger partial charge in [-0.25, -0.2) is 0 Å². The van der Waals surface area contributed by atoms with Gasteiger partial charge in [-0.1, -0.05) is 70.2 Å². The monoisotopic (exact) mass is 266 g/mol. The summed E-state index contributed by atoms with van der Waals surface area (Å²) in [5.41, 5.74) is 7.13. The Hall–Kier alpha value is -1.56. The van der Waals surface area contributed by atoms with Crippen molar-refractivity contribution in [3.05, 3.63) is 70.3 Å². The molecule has 0 aliphatic heterocycles. The normalized spacial score (nSPS) is 11.9. The van der Waals surface area contributed by atoms with Gasteiger partial charge in [-0.3, -0.25) is 0 Å². The molecule has 0 aliphatic rings. The van der Waals surface area contributed by atoms with Crippen molar-refractivity contribution >= 4 is 0 Å². The summed E-state index contributed by atoms with van der Waals surface area (Å²) in [6.45, 7) is 13.7. The van der Waals surface area contributed by atoms with Crippen LogP contribution in [-0.4, -0.2) is 0 Å². The molecule has 0 spiro atoms. The van der Waals surface area contributed by atoms with E-state index >= 15 is 0 Å². The van der Waals surface area contributed by atoms with E-state index in [-0.39, 0.29) is 5.41 Å². The summed E-state index contributed by atoms with van der Waals surface area (Å²) in [6.07, 6.45) is 0. The molecule has 0 heterocycles. The standard InChI is InChI=1S/C20H26/c1-14(2)18-12-15(3)16(4)13-19(18)20(5,6)17-10-8-7-9-11-17/h7-14H,1-6H3. The predicted molar refractivity (Wildman–Crippen MR) is 88.6 cm³/mol. The van der Waals surface area contributed by atoms with Crippen molar-refractivity contribution in [2.24, 2.45) is 0 Å². The van der Waals surface area contributed by atoms with Gasteiger partial charge in [-0.05, 0) is 47.6 Å². The average molecular weight is 266 g/mol. The maximum atomic E-state index is 2.39. The number of benzene rings is 2. The van der Waals surface area contributed by atoms with E-state index in [0.29, 0.717) is 5.92 Å². The minimum absolute atomic E-state index is 0.0410. The topological polar surface area (TPSA) is 0 Å². The van der Waals surface area contributed by atoms with Crippen molar-refractivity contribution < 1.29 is 0 Å². The first-order valence-corrected chi connectivity index (χ1v) is 7.51. The van der Waals surface area contributed by atoms with Gasteiger partial charge in [0.05, 0.1) is 0 Å². The summed E-state index contributed by atoms with van der Waals surface area (Å²) in [5, 5.41) is 0. The first-order valence-electron chi connectivity index (χ1n) is 7.51. The van der Waals surface area contributed by atoms with Gasteiger partial charge in [0.2, 0.25) is 0 Å². The molecule has 0 saturated carbocycles. The molecule has 0 amide bonds. The Morgan fingerprint density at radius 1 is 0.850 bits per heavy atom. The van der Waals surface area contributed by atoms with Gasteiger partial charge in [0.1, 0.15) is 0 Å². The Kier molecular flexibility index (Phi) is 4.04. The lowest BCUT2D eigenvalue weighted by atomic mass is 9.73. The van der Waals surface area contributed by atoms with Crippen molar-refractivity contribution in [3.63, 3.8) is 0 Å². The maximum Gasteiger partial charge on any atom is 0.0149 e. The van der Waals surface area contributed by atoms with Crippen LogP contribution in [0.2, 0.25) is 0 Å². The first kappa shape index (κ1) is 14.8. The second-order valence-electron chi connectivity index (χ2n) is 6.67. The zero-order valence-electron chi connectivity index (χ0n) is 13.6. The molecule has 0 fully saturated rings. The van der Waals surface area contributed by atoms with Crippen LogP contribution in [0.4, 0.5) is 0 Å². The van der Waals surface area contributed by atoms with Gasteiger partial charge < -0.3 is 0 Å². The molecule has 0 atom stereocenters. The molecular weight excluding hydrogens is 240 g/mol. The molecule has 20 heavy (non-hydrogen) atoms. The van der Waals surface area contributed by atoms with Crippen molar-refractivity contribution in [1.82, 2.24) is 0 Å². The average Bonchev–Trinajstić information content (AvgIpc) is 2.42. The predicted octanol–water partition coefficient (Wildman–Crippen LogP) is 5.75. The molecule has 2 aromatic carbocycles. The Labute approximate surface area is 123 Å². The van der Waals surface area contributed by atoms with E-state index in [4.69, 9.17) is 0 Å². The second kappa shape index (κ2) is 5.44. The van der Waals surface area contributed by atoms with Gasteiger partial charge in [0.25, 0.3) is 0 Å². The summed E-state index contributed by atoms with van der Waals surface area (Å²) in [4.78, 5) is 0. The van der Waals surface area contributed by atoms with Crippen LogP contribution in [0, 0.1) is 13.8 Å². The van der Waals surface area contributed by atoms with Crippen molar-refractivity contribution in [2.45, 2.75) is 52.9 Å². The lowest BCUT2D eigenvalue weighted by molar-refractivity contribution is 0.622. The molecule has 0 saturated heterocycles. The van der Waals surface area contributed by atoms with Crippen molar-refractivity contribution in [1.29, 1.82) is 0 Å². The van der Waals surface area contributed by atoms with E-state index in [1.807, 2.05) is 0 Å². The van der Waals surface area contributed by atoms with Crippen LogP contribution in [-0.2, 0) is 5.41 Å².